The lowest BCUT2D eigenvalue weighted by Crippen LogP contribution is -2.29. The molecule has 0 amide bonds. The number of aromatic hydroxyl groups is 3. The highest BCUT2D eigenvalue weighted by atomic mass is 16.5. The molecule has 0 aliphatic heterocycles. The van der Waals surface area contributed by atoms with Crippen molar-refractivity contribution < 1.29 is 24.9 Å². The van der Waals surface area contributed by atoms with E-state index in [0.717, 1.165) is 5.56 Å². The molecule has 31 heavy (non-hydrogen) atoms. The number of hydrogen-bond donors (Lipinski definition) is 3. The lowest BCUT2D eigenvalue weighted by atomic mass is 9.90. The van der Waals surface area contributed by atoms with Gasteiger partial charge in [0.15, 0.2) is 11.5 Å². The molecule has 164 valence electrons. The molecule has 0 aliphatic carbocycles. The highest BCUT2D eigenvalue weighted by Gasteiger charge is 2.27. The van der Waals surface area contributed by atoms with E-state index in [0.29, 0.717) is 17.7 Å². The van der Waals surface area contributed by atoms with Crippen LogP contribution in [0.5, 0.6) is 17.2 Å². The van der Waals surface area contributed by atoms with Crippen LogP contribution in [0.4, 0.5) is 0 Å². The van der Waals surface area contributed by atoms with Crippen molar-refractivity contribution in [3.05, 3.63) is 69.4 Å². The van der Waals surface area contributed by atoms with Crippen LogP contribution in [0.2, 0.25) is 0 Å². The van der Waals surface area contributed by atoms with Crippen molar-refractivity contribution in [3.63, 3.8) is 0 Å². The molecule has 0 fully saturated rings. The maximum absolute atomic E-state index is 13.4. The Kier molecular flexibility index (Phi) is 6.33. The largest absolute Gasteiger partial charge is 0.507 e. The summed E-state index contributed by atoms with van der Waals surface area (Å²) in [4.78, 5) is 25.4. The third-order valence-corrected chi connectivity index (χ3v) is 5.26. The molecule has 9 nitrogen and oxygen atoms in total. The number of carbonyl (C=O) groups excluding carboxylic acids is 1. The predicted molar refractivity (Wildman–Crippen MR) is 112 cm³/mol. The Bertz CT molecular complexity index is 1160. The summed E-state index contributed by atoms with van der Waals surface area (Å²) < 4.78 is 7.86. The summed E-state index contributed by atoms with van der Waals surface area (Å²) in [6, 6.07) is 5.97. The van der Waals surface area contributed by atoms with Crippen LogP contribution in [0.3, 0.4) is 0 Å². The SMILES string of the molecule is COC(=O)C[C@H](c1cnn(C)c1)c1c(O)cc(C)n(CCc2ccc(O)c(O)c2)c1=O. The van der Waals surface area contributed by atoms with E-state index < -0.39 is 17.4 Å². The molecular weight excluding hydrogens is 402 g/mol. The van der Waals surface area contributed by atoms with Crippen molar-refractivity contribution in [1.29, 1.82) is 0 Å². The molecule has 0 saturated carbocycles. The number of ether oxygens (including phenoxy) is 1. The predicted octanol–water partition coefficient (Wildman–Crippen LogP) is 1.94. The third-order valence-electron chi connectivity index (χ3n) is 5.26. The summed E-state index contributed by atoms with van der Waals surface area (Å²) in [7, 11) is 2.99. The second-order valence-electron chi connectivity index (χ2n) is 7.39. The van der Waals surface area contributed by atoms with Gasteiger partial charge < -0.3 is 24.6 Å². The number of carbonyl (C=O) groups is 1. The van der Waals surface area contributed by atoms with Crippen LogP contribution in [0.25, 0.3) is 0 Å². The zero-order valence-corrected chi connectivity index (χ0v) is 17.6. The molecule has 0 spiro atoms. The summed E-state index contributed by atoms with van der Waals surface area (Å²) >= 11 is 0. The van der Waals surface area contributed by atoms with Gasteiger partial charge in [0.05, 0.1) is 25.3 Å². The quantitative estimate of drug-likeness (QED) is 0.388. The number of esters is 1. The fraction of sp³-hybridized carbons (Fsp3) is 0.318. The van der Waals surface area contributed by atoms with Gasteiger partial charge in [-0.15, -0.1) is 0 Å². The van der Waals surface area contributed by atoms with Gasteiger partial charge in [-0.05, 0) is 42.7 Å². The number of nitrogens with zero attached hydrogens (tertiary/aromatic N) is 3. The molecular formula is C22H25N3O6. The topological polar surface area (TPSA) is 127 Å². The Morgan fingerprint density at radius 3 is 2.52 bits per heavy atom. The lowest BCUT2D eigenvalue weighted by Gasteiger charge is -2.19. The molecule has 0 bridgehead atoms. The number of aromatic nitrogens is 3. The Morgan fingerprint density at radius 2 is 1.90 bits per heavy atom. The maximum Gasteiger partial charge on any atom is 0.306 e. The number of benzene rings is 1. The summed E-state index contributed by atoms with van der Waals surface area (Å²) in [5.74, 6) is -1.88. The Labute approximate surface area is 178 Å². The molecule has 1 atom stereocenters. The van der Waals surface area contributed by atoms with Crippen LogP contribution in [0, 0.1) is 6.92 Å². The molecule has 3 aromatic rings. The van der Waals surface area contributed by atoms with Gasteiger partial charge in [0.1, 0.15) is 5.75 Å². The number of aryl methyl sites for hydroxylation is 3. The first-order chi connectivity index (χ1) is 14.7. The average Bonchev–Trinajstić information content (AvgIpc) is 3.15. The molecule has 2 aromatic heterocycles. The Hall–Kier alpha value is -3.75. The molecule has 9 heteroatoms. The van der Waals surface area contributed by atoms with E-state index in [-0.39, 0.29) is 35.8 Å². The van der Waals surface area contributed by atoms with E-state index in [1.165, 1.54) is 29.9 Å². The zero-order chi connectivity index (χ0) is 22.7. The number of pyridine rings is 1. The van der Waals surface area contributed by atoms with Gasteiger partial charge in [0, 0.05) is 31.4 Å². The number of methoxy groups -OCH3 is 1. The van der Waals surface area contributed by atoms with Gasteiger partial charge in [-0.3, -0.25) is 14.3 Å². The molecule has 1 aromatic carbocycles. The Morgan fingerprint density at radius 1 is 1.16 bits per heavy atom. The fourth-order valence-corrected chi connectivity index (χ4v) is 3.60. The smallest absolute Gasteiger partial charge is 0.306 e. The van der Waals surface area contributed by atoms with Gasteiger partial charge in [-0.25, -0.2) is 0 Å². The highest BCUT2D eigenvalue weighted by molar-refractivity contribution is 5.71. The van der Waals surface area contributed by atoms with Gasteiger partial charge in [-0.1, -0.05) is 6.07 Å². The summed E-state index contributed by atoms with van der Waals surface area (Å²) in [5.41, 5.74) is 1.57. The lowest BCUT2D eigenvalue weighted by molar-refractivity contribution is -0.140. The molecule has 0 saturated heterocycles. The van der Waals surface area contributed by atoms with E-state index in [1.807, 2.05) is 0 Å². The molecule has 0 radical (unpaired) electrons. The molecule has 2 heterocycles. The fourth-order valence-electron chi connectivity index (χ4n) is 3.60. The zero-order valence-electron chi connectivity index (χ0n) is 17.6. The van der Waals surface area contributed by atoms with Crippen molar-refractivity contribution in [1.82, 2.24) is 14.3 Å². The number of phenols is 2. The summed E-state index contributed by atoms with van der Waals surface area (Å²) in [5, 5.41) is 33.9. The van der Waals surface area contributed by atoms with Crippen molar-refractivity contribution in [2.45, 2.75) is 32.2 Å². The van der Waals surface area contributed by atoms with Crippen LogP contribution < -0.4 is 5.56 Å². The number of phenolic OH excluding ortho intramolecular Hbond substituents is 2. The Balaban J connectivity index is 2.02. The first-order valence-corrected chi connectivity index (χ1v) is 9.70. The normalized spacial score (nSPS) is 12.0. The van der Waals surface area contributed by atoms with Crippen LogP contribution in [0.1, 0.15) is 34.7 Å². The van der Waals surface area contributed by atoms with E-state index in [9.17, 15) is 24.9 Å². The maximum atomic E-state index is 13.4. The summed E-state index contributed by atoms with van der Waals surface area (Å²) in [6.45, 7) is 1.98. The standard InChI is InChI=1S/C22H25N3O6/c1-13-8-19(28)21(16(10-20(29)31-3)15-11-23-24(2)12-15)22(30)25(13)7-6-14-4-5-17(26)18(27)9-14/h4-5,8-9,11-12,16,26-28H,6-7,10H2,1-3H3/t16-/m1/s1. The van der Waals surface area contributed by atoms with Gasteiger partial charge in [0.25, 0.3) is 5.56 Å². The highest BCUT2D eigenvalue weighted by Crippen LogP contribution is 2.32. The van der Waals surface area contributed by atoms with Crippen LogP contribution in [0.15, 0.2) is 41.5 Å². The van der Waals surface area contributed by atoms with E-state index in [4.69, 9.17) is 4.74 Å². The van der Waals surface area contributed by atoms with Crippen molar-refractivity contribution in [2.24, 2.45) is 7.05 Å². The number of hydrogen-bond acceptors (Lipinski definition) is 7. The van der Waals surface area contributed by atoms with Crippen LogP contribution >= 0.6 is 0 Å². The van der Waals surface area contributed by atoms with Gasteiger partial charge >= 0.3 is 5.97 Å². The van der Waals surface area contributed by atoms with Crippen molar-refractivity contribution in [3.8, 4) is 17.2 Å². The third kappa shape index (κ3) is 4.71. The molecule has 3 N–H and O–H groups in total. The second kappa shape index (κ2) is 8.95. The van der Waals surface area contributed by atoms with E-state index >= 15 is 0 Å². The minimum absolute atomic E-state index is 0.0950. The van der Waals surface area contributed by atoms with Crippen molar-refractivity contribution >= 4 is 5.97 Å². The van der Waals surface area contributed by atoms with Gasteiger partial charge in [-0.2, -0.15) is 5.10 Å². The van der Waals surface area contributed by atoms with Crippen LogP contribution in [-0.2, 0) is 29.5 Å². The molecule has 0 aliphatic rings. The first kappa shape index (κ1) is 21.9. The minimum Gasteiger partial charge on any atom is -0.507 e. The summed E-state index contributed by atoms with van der Waals surface area (Å²) in [6.07, 6.45) is 3.53. The molecule has 3 rings (SSSR count). The first-order valence-electron chi connectivity index (χ1n) is 9.70. The monoisotopic (exact) mass is 427 g/mol. The van der Waals surface area contributed by atoms with E-state index in [1.54, 1.807) is 37.1 Å². The average molecular weight is 427 g/mol. The van der Waals surface area contributed by atoms with Crippen LogP contribution in [-0.4, -0.2) is 42.7 Å². The second-order valence-corrected chi connectivity index (χ2v) is 7.39. The molecule has 0 unspecified atom stereocenters. The van der Waals surface area contributed by atoms with Gasteiger partial charge in [0.2, 0.25) is 0 Å². The number of rotatable bonds is 7. The van der Waals surface area contributed by atoms with Crippen molar-refractivity contribution in [2.75, 3.05) is 7.11 Å². The minimum atomic E-state index is -0.724. The van der Waals surface area contributed by atoms with E-state index in [2.05, 4.69) is 5.10 Å².